The molecule has 0 saturated heterocycles. The van der Waals surface area contributed by atoms with Crippen LogP contribution in [0.5, 0.6) is 0 Å². The Morgan fingerprint density at radius 3 is 2.67 bits per heavy atom. The van der Waals surface area contributed by atoms with Gasteiger partial charge in [-0.15, -0.1) is 0 Å². The SMILES string of the molecule is CCNC(Cc1ncnc2ccccc12)C(C)C. The lowest BCUT2D eigenvalue weighted by Crippen LogP contribution is -2.35. The van der Waals surface area contributed by atoms with E-state index in [2.05, 4.69) is 42.1 Å². The molecule has 3 nitrogen and oxygen atoms in total. The van der Waals surface area contributed by atoms with Gasteiger partial charge in [0.05, 0.1) is 11.2 Å². The van der Waals surface area contributed by atoms with Crippen LogP contribution in [-0.2, 0) is 6.42 Å². The van der Waals surface area contributed by atoms with E-state index in [0.717, 1.165) is 24.2 Å². The normalized spacial score (nSPS) is 13.1. The van der Waals surface area contributed by atoms with E-state index in [0.29, 0.717) is 12.0 Å². The highest BCUT2D eigenvalue weighted by molar-refractivity contribution is 5.80. The zero-order valence-electron chi connectivity index (χ0n) is 11.4. The summed E-state index contributed by atoms with van der Waals surface area (Å²) in [5, 5.41) is 4.70. The largest absolute Gasteiger partial charge is 0.314 e. The Hall–Kier alpha value is -1.48. The minimum Gasteiger partial charge on any atom is -0.314 e. The van der Waals surface area contributed by atoms with Crippen LogP contribution in [0.1, 0.15) is 26.5 Å². The fraction of sp³-hybridized carbons (Fsp3) is 0.467. The fourth-order valence-electron chi connectivity index (χ4n) is 2.24. The molecule has 1 unspecified atom stereocenters. The van der Waals surface area contributed by atoms with Crippen molar-refractivity contribution in [3.63, 3.8) is 0 Å². The molecule has 1 aromatic carbocycles. The lowest BCUT2D eigenvalue weighted by molar-refractivity contribution is 0.403. The van der Waals surface area contributed by atoms with Crippen molar-refractivity contribution in [2.24, 2.45) is 5.92 Å². The number of rotatable bonds is 5. The minimum absolute atomic E-state index is 0.466. The molecule has 1 N–H and O–H groups in total. The predicted octanol–water partition coefficient (Wildman–Crippen LogP) is 2.81. The summed E-state index contributed by atoms with van der Waals surface area (Å²) in [7, 11) is 0. The Labute approximate surface area is 109 Å². The Kier molecular flexibility index (Phi) is 4.26. The van der Waals surface area contributed by atoms with Crippen molar-refractivity contribution in [1.29, 1.82) is 0 Å². The van der Waals surface area contributed by atoms with Crippen molar-refractivity contribution in [3.8, 4) is 0 Å². The average Bonchev–Trinajstić information content (AvgIpc) is 2.38. The van der Waals surface area contributed by atoms with Crippen molar-refractivity contribution in [3.05, 3.63) is 36.3 Å². The van der Waals surface area contributed by atoms with Crippen LogP contribution in [0, 0.1) is 5.92 Å². The molecular formula is C15H21N3. The fourth-order valence-corrected chi connectivity index (χ4v) is 2.24. The molecule has 1 heterocycles. The van der Waals surface area contributed by atoms with E-state index in [1.807, 2.05) is 18.2 Å². The van der Waals surface area contributed by atoms with Gasteiger partial charge >= 0.3 is 0 Å². The summed E-state index contributed by atoms with van der Waals surface area (Å²) in [5.74, 6) is 0.596. The molecule has 0 aliphatic heterocycles. The Morgan fingerprint density at radius 2 is 1.94 bits per heavy atom. The molecule has 0 saturated carbocycles. The molecular weight excluding hydrogens is 222 g/mol. The first-order valence-corrected chi connectivity index (χ1v) is 6.64. The zero-order chi connectivity index (χ0) is 13.0. The van der Waals surface area contributed by atoms with Crippen LogP contribution >= 0.6 is 0 Å². The van der Waals surface area contributed by atoms with Crippen molar-refractivity contribution < 1.29 is 0 Å². The molecule has 0 amide bonds. The molecule has 0 aliphatic carbocycles. The predicted molar refractivity (Wildman–Crippen MR) is 75.5 cm³/mol. The molecule has 1 aromatic heterocycles. The van der Waals surface area contributed by atoms with E-state index >= 15 is 0 Å². The number of para-hydroxylation sites is 1. The summed E-state index contributed by atoms with van der Waals surface area (Å²) in [6.45, 7) is 7.63. The van der Waals surface area contributed by atoms with E-state index in [1.165, 1.54) is 5.39 Å². The van der Waals surface area contributed by atoms with E-state index in [9.17, 15) is 0 Å². The first-order chi connectivity index (χ1) is 8.72. The Balaban J connectivity index is 2.30. The summed E-state index contributed by atoms with van der Waals surface area (Å²) < 4.78 is 0. The van der Waals surface area contributed by atoms with Crippen molar-refractivity contribution >= 4 is 10.9 Å². The smallest absolute Gasteiger partial charge is 0.116 e. The number of nitrogens with one attached hydrogen (secondary N) is 1. The number of fused-ring (bicyclic) bond motifs is 1. The van der Waals surface area contributed by atoms with Crippen LogP contribution < -0.4 is 5.32 Å². The van der Waals surface area contributed by atoms with Crippen LogP contribution in [0.3, 0.4) is 0 Å². The second kappa shape index (κ2) is 5.91. The third-order valence-corrected chi connectivity index (χ3v) is 3.31. The standard InChI is InChI=1S/C15H21N3/c1-4-16-14(11(2)3)9-15-12-7-5-6-8-13(12)17-10-18-15/h5-8,10-11,14,16H,4,9H2,1-3H3. The molecule has 96 valence electrons. The first-order valence-electron chi connectivity index (χ1n) is 6.64. The highest BCUT2D eigenvalue weighted by Crippen LogP contribution is 2.17. The Morgan fingerprint density at radius 1 is 1.17 bits per heavy atom. The summed E-state index contributed by atoms with van der Waals surface area (Å²) in [5.41, 5.74) is 2.17. The minimum atomic E-state index is 0.466. The number of likely N-dealkylation sites (N-methyl/N-ethyl adjacent to an activating group) is 1. The summed E-state index contributed by atoms with van der Waals surface area (Å²) >= 11 is 0. The van der Waals surface area contributed by atoms with E-state index in [1.54, 1.807) is 6.33 Å². The lowest BCUT2D eigenvalue weighted by atomic mass is 9.97. The van der Waals surface area contributed by atoms with E-state index in [4.69, 9.17) is 0 Å². The van der Waals surface area contributed by atoms with Gasteiger partial charge in [0, 0.05) is 17.8 Å². The van der Waals surface area contributed by atoms with Gasteiger partial charge in [-0.05, 0) is 18.5 Å². The van der Waals surface area contributed by atoms with Gasteiger partial charge in [0.25, 0.3) is 0 Å². The quantitative estimate of drug-likeness (QED) is 0.877. The summed E-state index contributed by atoms with van der Waals surface area (Å²) in [6.07, 6.45) is 2.62. The lowest BCUT2D eigenvalue weighted by Gasteiger charge is -2.21. The van der Waals surface area contributed by atoms with Gasteiger partial charge < -0.3 is 5.32 Å². The molecule has 0 spiro atoms. The monoisotopic (exact) mass is 243 g/mol. The summed E-state index contributed by atoms with van der Waals surface area (Å²) in [4.78, 5) is 8.77. The van der Waals surface area contributed by atoms with Crippen molar-refractivity contribution in [1.82, 2.24) is 15.3 Å². The highest BCUT2D eigenvalue weighted by atomic mass is 14.9. The number of aromatic nitrogens is 2. The van der Waals surface area contributed by atoms with E-state index in [-0.39, 0.29) is 0 Å². The molecule has 2 aromatic rings. The molecule has 18 heavy (non-hydrogen) atoms. The van der Waals surface area contributed by atoms with Crippen LogP contribution in [-0.4, -0.2) is 22.6 Å². The molecule has 0 radical (unpaired) electrons. The van der Waals surface area contributed by atoms with Crippen molar-refractivity contribution in [2.45, 2.75) is 33.2 Å². The third kappa shape index (κ3) is 2.85. The van der Waals surface area contributed by atoms with Crippen LogP contribution in [0.2, 0.25) is 0 Å². The average molecular weight is 243 g/mol. The molecule has 0 fully saturated rings. The summed E-state index contributed by atoms with van der Waals surface area (Å²) in [6, 6.07) is 8.68. The molecule has 0 bridgehead atoms. The maximum Gasteiger partial charge on any atom is 0.116 e. The molecule has 3 heteroatoms. The molecule has 1 atom stereocenters. The highest BCUT2D eigenvalue weighted by Gasteiger charge is 2.15. The maximum atomic E-state index is 4.46. The number of nitrogens with zero attached hydrogens (tertiary/aromatic N) is 2. The van der Waals surface area contributed by atoms with Crippen LogP contribution in [0.25, 0.3) is 10.9 Å². The van der Waals surface area contributed by atoms with Gasteiger partial charge in [-0.3, -0.25) is 0 Å². The third-order valence-electron chi connectivity index (χ3n) is 3.31. The number of hydrogen-bond acceptors (Lipinski definition) is 3. The number of hydrogen-bond donors (Lipinski definition) is 1. The van der Waals surface area contributed by atoms with Gasteiger partial charge in [-0.25, -0.2) is 9.97 Å². The number of benzene rings is 1. The first kappa shape index (κ1) is 13.0. The maximum absolute atomic E-state index is 4.46. The van der Waals surface area contributed by atoms with Crippen molar-refractivity contribution in [2.75, 3.05) is 6.54 Å². The van der Waals surface area contributed by atoms with Gasteiger partial charge in [-0.2, -0.15) is 0 Å². The molecule has 2 rings (SSSR count). The zero-order valence-corrected chi connectivity index (χ0v) is 11.4. The second-order valence-corrected chi connectivity index (χ2v) is 4.95. The topological polar surface area (TPSA) is 37.8 Å². The Bertz CT molecular complexity index is 503. The van der Waals surface area contributed by atoms with Gasteiger partial charge in [-0.1, -0.05) is 39.0 Å². The second-order valence-electron chi connectivity index (χ2n) is 4.95. The van der Waals surface area contributed by atoms with Gasteiger partial charge in [0.1, 0.15) is 6.33 Å². The molecule has 0 aliphatic rings. The van der Waals surface area contributed by atoms with Gasteiger partial charge in [0.2, 0.25) is 0 Å². The van der Waals surface area contributed by atoms with Crippen LogP contribution in [0.4, 0.5) is 0 Å². The van der Waals surface area contributed by atoms with E-state index < -0.39 is 0 Å². The van der Waals surface area contributed by atoms with Gasteiger partial charge in [0.15, 0.2) is 0 Å². The van der Waals surface area contributed by atoms with Crippen LogP contribution in [0.15, 0.2) is 30.6 Å².